The van der Waals surface area contributed by atoms with Crippen LogP contribution in [0.3, 0.4) is 0 Å². The molecule has 0 spiro atoms. The zero-order valence-corrected chi connectivity index (χ0v) is 12.6. The molecule has 0 aliphatic rings. The summed E-state index contributed by atoms with van der Waals surface area (Å²) in [7, 11) is 0. The van der Waals surface area contributed by atoms with Gasteiger partial charge in [-0.2, -0.15) is 0 Å². The normalized spacial score (nSPS) is 10.1. The van der Waals surface area contributed by atoms with Crippen molar-refractivity contribution < 1.29 is 14.3 Å². The number of anilines is 1. The SMILES string of the molecule is Cc1ccc(OCC(=O)Nc2ccccc2C(N)=O)cc1C. The Balaban J connectivity index is 1.99. The van der Waals surface area contributed by atoms with E-state index >= 15 is 0 Å². The summed E-state index contributed by atoms with van der Waals surface area (Å²) in [6.07, 6.45) is 0. The number of amides is 2. The third kappa shape index (κ3) is 3.85. The lowest BCUT2D eigenvalue weighted by molar-refractivity contribution is -0.118. The largest absolute Gasteiger partial charge is 0.484 e. The molecular formula is C17H18N2O3. The van der Waals surface area contributed by atoms with E-state index in [-0.39, 0.29) is 18.1 Å². The fraction of sp³-hybridized carbons (Fsp3) is 0.176. The first-order valence-corrected chi connectivity index (χ1v) is 6.86. The molecule has 0 aliphatic heterocycles. The third-order valence-electron chi connectivity index (χ3n) is 3.31. The first-order chi connectivity index (χ1) is 10.5. The minimum Gasteiger partial charge on any atom is -0.484 e. The molecule has 0 bridgehead atoms. The Labute approximate surface area is 129 Å². The van der Waals surface area contributed by atoms with Gasteiger partial charge in [0, 0.05) is 0 Å². The number of carbonyl (C=O) groups is 2. The number of aryl methyl sites for hydroxylation is 2. The van der Waals surface area contributed by atoms with Crippen LogP contribution in [0.2, 0.25) is 0 Å². The van der Waals surface area contributed by atoms with Crippen LogP contribution in [-0.4, -0.2) is 18.4 Å². The summed E-state index contributed by atoms with van der Waals surface area (Å²) in [6.45, 7) is 3.84. The summed E-state index contributed by atoms with van der Waals surface area (Å²) in [5, 5.41) is 2.62. The molecule has 2 amide bonds. The fourth-order valence-corrected chi connectivity index (χ4v) is 1.95. The van der Waals surface area contributed by atoms with E-state index in [1.54, 1.807) is 24.3 Å². The Morgan fingerprint density at radius 1 is 1.09 bits per heavy atom. The Morgan fingerprint density at radius 3 is 2.50 bits per heavy atom. The summed E-state index contributed by atoms with van der Waals surface area (Å²) >= 11 is 0. The van der Waals surface area contributed by atoms with Gasteiger partial charge in [-0.15, -0.1) is 0 Å². The topological polar surface area (TPSA) is 81.4 Å². The monoisotopic (exact) mass is 298 g/mol. The summed E-state index contributed by atoms with van der Waals surface area (Å²) in [4.78, 5) is 23.2. The number of primary amides is 1. The number of ether oxygens (including phenoxy) is 1. The smallest absolute Gasteiger partial charge is 0.262 e. The summed E-state index contributed by atoms with van der Waals surface area (Å²) < 4.78 is 5.45. The highest BCUT2D eigenvalue weighted by atomic mass is 16.5. The molecule has 0 radical (unpaired) electrons. The van der Waals surface area contributed by atoms with E-state index in [2.05, 4.69) is 5.32 Å². The Bertz CT molecular complexity index is 711. The van der Waals surface area contributed by atoms with Crippen molar-refractivity contribution in [1.29, 1.82) is 0 Å². The Kier molecular flexibility index (Phi) is 4.78. The Morgan fingerprint density at radius 2 is 1.82 bits per heavy atom. The van der Waals surface area contributed by atoms with Gasteiger partial charge >= 0.3 is 0 Å². The van der Waals surface area contributed by atoms with Crippen molar-refractivity contribution in [2.45, 2.75) is 13.8 Å². The molecule has 2 aromatic rings. The lowest BCUT2D eigenvalue weighted by Gasteiger charge is -2.10. The van der Waals surface area contributed by atoms with Gasteiger partial charge in [-0.1, -0.05) is 18.2 Å². The number of nitrogens with one attached hydrogen (secondary N) is 1. The van der Waals surface area contributed by atoms with Crippen LogP contribution in [0.5, 0.6) is 5.75 Å². The zero-order valence-electron chi connectivity index (χ0n) is 12.6. The number of hydrogen-bond acceptors (Lipinski definition) is 3. The first kappa shape index (κ1) is 15.6. The average Bonchev–Trinajstić information content (AvgIpc) is 2.49. The van der Waals surface area contributed by atoms with Crippen molar-refractivity contribution in [2.75, 3.05) is 11.9 Å². The number of rotatable bonds is 5. The molecule has 114 valence electrons. The maximum Gasteiger partial charge on any atom is 0.262 e. The predicted octanol–water partition coefficient (Wildman–Crippen LogP) is 2.42. The van der Waals surface area contributed by atoms with Gasteiger partial charge < -0.3 is 15.8 Å². The van der Waals surface area contributed by atoms with Crippen molar-refractivity contribution in [3.05, 3.63) is 59.2 Å². The van der Waals surface area contributed by atoms with Gasteiger partial charge in [0.25, 0.3) is 11.8 Å². The van der Waals surface area contributed by atoms with E-state index in [1.807, 2.05) is 32.0 Å². The minimum absolute atomic E-state index is 0.143. The van der Waals surface area contributed by atoms with Gasteiger partial charge in [-0.05, 0) is 49.2 Å². The summed E-state index contributed by atoms with van der Waals surface area (Å²) in [5.74, 6) is -0.320. The second-order valence-electron chi connectivity index (χ2n) is 4.99. The van der Waals surface area contributed by atoms with Crippen LogP contribution in [0.4, 0.5) is 5.69 Å². The van der Waals surface area contributed by atoms with Crippen LogP contribution in [0, 0.1) is 13.8 Å². The highest BCUT2D eigenvalue weighted by Crippen LogP contribution is 2.17. The molecule has 0 aliphatic carbocycles. The first-order valence-electron chi connectivity index (χ1n) is 6.86. The molecule has 0 saturated heterocycles. The molecule has 0 fully saturated rings. The van der Waals surface area contributed by atoms with Crippen LogP contribution < -0.4 is 15.8 Å². The quantitative estimate of drug-likeness (QED) is 0.889. The van der Waals surface area contributed by atoms with Crippen LogP contribution in [-0.2, 0) is 4.79 Å². The van der Waals surface area contributed by atoms with Gasteiger partial charge in [0.2, 0.25) is 0 Å². The van der Waals surface area contributed by atoms with Crippen molar-refractivity contribution >= 4 is 17.5 Å². The van der Waals surface area contributed by atoms with Crippen LogP contribution in [0.25, 0.3) is 0 Å². The molecule has 2 rings (SSSR count). The lowest BCUT2D eigenvalue weighted by atomic mass is 10.1. The van der Waals surface area contributed by atoms with Crippen LogP contribution in [0.15, 0.2) is 42.5 Å². The number of para-hydroxylation sites is 1. The summed E-state index contributed by atoms with van der Waals surface area (Å²) in [5.41, 5.74) is 8.16. The van der Waals surface area contributed by atoms with Crippen LogP contribution >= 0.6 is 0 Å². The molecule has 0 aromatic heterocycles. The van der Waals surface area contributed by atoms with E-state index in [4.69, 9.17) is 10.5 Å². The van der Waals surface area contributed by atoms with Gasteiger partial charge in [-0.3, -0.25) is 9.59 Å². The van der Waals surface area contributed by atoms with E-state index in [9.17, 15) is 9.59 Å². The average molecular weight is 298 g/mol. The fourth-order valence-electron chi connectivity index (χ4n) is 1.95. The van der Waals surface area contributed by atoms with E-state index < -0.39 is 5.91 Å². The van der Waals surface area contributed by atoms with Gasteiger partial charge in [0.1, 0.15) is 5.75 Å². The highest BCUT2D eigenvalue weighted by Gasteiger charge is 2.10. The molecule has 0 heterocycles. The number of hydrogen-bond donors (Lipinski definition) is 2. The van der Waals surface area contributed by atoms with Crippen molar-refractivity contribution in [2.24, 2.45) is 5.73 Å². The number of benzene rings is 2. The molecule has 22 heavy (non-hydrogen) atoms. The van der Waals surface area contributed by atoms with E-state index in [1.165, 1.54) is 0 Å². The zero-order chi connectivity index (χ0) is 16.1. The molecule has 3 N–H and O–H groups in total. The minimum atomic E-state index is -0.592. The third-order valence-corrected chi connectivity index (χ3v) is 3.31. The molecule has 5 nitrogen and oxygen atoms in total. The van der Waals surface area contributed by atoms with E-state index in [0.29, 0.717) is 11.4 Å². The molecule has 0 saturated carbocycles. The van der Waals surface area contributed by atoms with Crippen molar-refractivity contribution in [3.8, 4) is 5.75 Å². The highest BCUT2D eigenvalue weighted by molar-refractivity contribution is 6.03. The van der Waals surface area contributed by atoms with Crippen LogP contribution in [0.1, 0.15) is 21.5 Å². The predicted molar refractivity (Wildman–Crippen MR) is 85.0 cm³/mol. The van der Waals surface area contributed by atoms with E-state index in [0.717, 1.165) is 11.1 Å². The molecule has 5 heteroatoms. The second kappa shape index (κ2) is 6.76. The molecule has 0 unspecified atom stereocenters. The standard InChI is InChI=1S/C17H18N2O3/c1-11-7-8-13(9-12(11)2)22-10-16(20)19-15-6-4-3-5-14(15)17(18)21/h3-9H,10H2,1-2H3,(H2,18,21)(H,19,20). The summed E-state index contributed by atoms with van der Waals surface area (Å²) in [6, 6.07) is 12.2. The van der Waals surface area contributed by atoms with Crippen molar-refractivity contribution in [1.82, 2.24) is 0 Å². The lowest BCUT2D eigenvalue weighted by Crippen LogP contribution is -2.22. The van der Waals surface area contributed by atoms with Gasteiger partial charge in [0.15, 0.2) is 6.61 Å². The van der Waals surface area contributed by atoms with Crippen molar-refractivity contribution in [3.63, 3.8) is 0 Å². The number of nitrogens with two attached hydrogens (primary N) is 1. The molecule has 2 aromatic carbocycles. The maximum absolute atomic E-state index is 11.9. The van der Waals surface area contributed by atoms with Gasteiger partial charge in [0.05, 0.1) is 11.3 Å². The Hall–Kier alpha value is -2.82. The van der Waals surface area contributed by atoms with Gasteiger partial charge in [-0.25, -0.2) is 0 Å². The molecular weight excluding hydrogens is 280 g/mol. The number of carbonyl (C=O) groups excluding carboxylic acids is 2. The maximum atomic E-state index is 11.9. The molecule has 0 atom stereocenters. The second-order valence-corrected chi connectivity index (χ2v) is 4.99.